The molecule has 0 fully saturated rings. The van der Waals surface area contributed by atoms with Gasteiger partial charge in [0.15, 0.2) is 15.4 Å². The number of benzene rings is 2. The molecule has 0 saturated heterocycles. The number of anilines is 1. The van der Waals surface area contributed by atoms with Gasteiger partial charge in [0.1, 0.15) is 5.52 Å². The van der Waals surface area contributed by atoms with Crippen LogP contribution in [0.1, 0.15) is 24.5 Å². The van der Waals surface area contributed by atoms with E-state index in [0.29, 0.717) is 5.52 Å². The summed E-state index contributed by atoms with van der Waals surface area (Å²) >= 11 is 0. The number of nitrogens with one attached hydrogen (secondary N) is 1. The Labute approximate surface area is 151 Å². The molecule has 3 aromatic rings. The number of fused-ring (bicyclic) bond motifs is 1. The summed E-state index contributed by atoms with van der Waals surface area (Å²) in [5.41, 5.74) is 3.25. The van der Waals surface area contributed by atoms with Crippen LogP contribution in [0.25, 0.3) is 11.0 Å². The first-order valence-electron chi connectivity index (χ1n) is 8.24. The summed E-state index contributed by atoms with van der Waals surface area (Å²) < 4.78 is 29.8. The van der Waals surface area contributed by atoms with Crippen LogP contribution in [0.15, 0.2) is 45.9 Å². The molecule has 1 amide bonds. The molecule has 2 aromatic carbocycles. The van der Waals surface area contributed by atoms with E-state index < -0.39 is 9.84 Å². The Morgan fingerprint density at radius 3 is 2.69 bits per heavy atom. The summed E-state index contributed by atoms with van der Waals surface area (Å²) in [6, 6.07) is 10.4. The third kappa shape index (κ3) is 3.60. The summed E-state index contributed by atoms with van der Waals surface area (Å²) in [6.45, 7) is 3.91. The average molecular weight is 373 g/mol. The molecule has 0 aliphatic heterocycles. The van der Waals surface area contributed by atoms with Crippen molar-refractivity contribution >= 4 is 32.5 Å². The van der Waals surface area contributed by atoms with Crippen molar-refractivity contribution in [3.8, 4) is 0 Å². The van der Waals surface area contributed by atoms with E-state index in [0.717, 1.165) is 23.2 Å². The Kier molecular flexibility index (Phi) is 5.03. The van der Waals surface area contributed by atoms with Gasteiger partial charge < -0.3 is 5.32 Å². The molecule has 0 aliphatic carbocycles. The van der Waals surface area contributed by atoms with Crippen molar-refractivity contribution in [1.29, 1.82) is 0 Å². The quantitative estimate of drug-likeness (QED) is 0.713. The van der Waals surface area contributed by atoms with Crippen molar-refractivity contribution in [3.63, 3.8) is 0 Å². The summed E-state index contributed by atoms with van der Waals surface area (Å²) in [6.07, 6.45) is 0.623. The van der Waals surface area contributed by atoms with Crippen LogP contribution in [0.4, 0.5) is 5.69 Å². The maximum atomic E-state index is 12.6. The maximum Gasteiger partial charge on any atom is 0.225 e. The van der Waals surface area contributed by atoms with Crippen LogP contribution in [0, 0.1) is 6.92 Å². The SMILES string of the molecule is CCc1cccc(C)c1NC(=O)CCS(=O)(=O)c1cccc2nonc12. The fraction of sp³-hybridized carbons (Fsp3) is 0.278. The molecule has 3 rings (SSSR count). The van der Waals surface area contributed by atoms with Crippen molar-refractivity contribution in [2.75, 3.05) is 11.1 Å². The minimum Gasteiger partial charge on any atom is -0.326 e. The average Bonchev–Trinajstić information content (AvgIpc) is 3.10. The molecule has 0 unspecified atom stereocenters. The first-order chi connectivity index (χ1) is 12.4. The number of aryl methyl sites for hydroxylation is 2. The first-order valence-corrected chi connectivity index (χ1v) is 9.90. The predicted molar refractivity (Wildman–Crippen MR) is 97.7 cm³/mol. The molecule has 0 radical (unpaired) electrons. The van der Waals surface area contributed by atoms with Crippen molar-refractivity contribution < 1.29 is 17.8 Å². The zero-order valence-electron chi connectivity index (χ0n) is 14.5. The van der Waals surface area contributed by atoms with Gasteiger partial charge in [-0.1, -0.05) is 31.2 Å². The van der Waals surface area contributed by atoms with Crippen LogP contribution < -0.4 is 5.32 Å². The molecule has 7 nitrogen and oxygen atoms in total. The largest absolute Gasteiger partial charge is 0.326 e. The number of hydrogen-bond acceptors (Lipinski definition) is 6. The highest BCUT2D eigenvalue weighted by Crippen LogP contribution is 2.23. The fourth-order valence-electron chi connectivity index (χ4n) is 2.77. The van der Waals surface area contributed by atoms with Gasteiger partial charge in [0.25, 0.3) is 0 Å². The fourth-order valence-corrected chi connectivity index (χ4v) is 4.17. The number of aromatic nitrogens is 2. The second-order valence-electron chi connectivity index (χ2n) is 5.97. The number of carbonyl (C=O) groups is 1. The molecule has 0 bridgehead atoms. The van der Waals surface area contributed by atoms with E-state index in [2.05, 4.69) is 20.3 Å². The van der Waals surface area contributed by atoms with Gasteiger partial charge in [0, 0.05) is 12.1 Å². The van der Waals surface area contributed by atoms with Gasteiger partial charge in [0.2, 0.25) is 5.91 Å². The molecule has 0 spiro atoms. The van der Waals surface area contributed by atoms with Gasteiger partial charge in [0.05, 0.1) is 10.6 Å². The number of hydrogen-bond donors (Lipinski definition) is 1. The number of carbonyl (C=O) groups excluding carboxylic acids is 1. The van der Waals surface area contributed by atoms with E-state index in [1.165, 1.54) is 6.07 Å². The van der Waals surface area contributed by atoms with Crippen LogP contribution >= 0.6 is 0 Å². The Bertz CT molecular complexity index is 1060. The van der Waals surface area contributed by atoms with E-state index in [-0.39, 0.29) is 28.5 Å². The van der Waals surface area contributed by atoms with Crippen LogP contribution in [0.5, 0.6) is 0 Å². The number of nitrogens with zero attached hydrogens (tertiary/aromatic N) is 2. The summed E-state index contributed by atoms with van der Waals surface area (Å²) in [4.78, 5) is 12.3. The summed E-state index contributed by atoms with van der Waals surface area (Å²) in [5.74, 6) is -0.666. The second kappa shape index (κ2) is 7.25. The van der Waals surface area contributed by atoms with E-state index in [1.54, 1.807) is 12.1 Å². The molecule has 0 saturated carbocycles. The lowest BCUT2D eigenvalue weighted by Gasteiger charge is -2.13. The van der Waals surface area contributed by atoms with E-state index in [4.69, 9.17) is 0 Å². The van der Waals surface area contributed by atoms with Crippen molar-refractivity contribution in [3.05, 3.63) is 47.5 Å². The molecule has 1 heterocycles. The monoisotopic (exact) mass is 373 g/mol. The van der Waals surface area contributed by atoms with Gasteiger partial charge in [-0.05, 0) is 46.9 Å². The highest BCUT2D eigenvalue weighted by atomic mass is 32.2. The zero-order chi connectivity index (χ0) is 18.7. The normalized spacial score (nSPS) is 11.6. The van der Waals surface area contributed by atoms with Gasteiger partial charge in [-0.2, -0.15) is 0 Å². The molecule has 1 N–H and O–H groups in total. The number of amides is 1. The van der Waals surface area contributed by atoms with Gasteiger partial charge in [-0.25, -0.2) is 13.0 Å². The van der Waals surface area contributed by atoms with Crippen LogP contribution in [-0.4, -0.2) is 30.4 Å². The van der Waals surface area contributed by atoms with Gasteiger partial charge in [-0.3, -0.25) is 4.79 Å². The highest BCUT2D eigenvalue weighted by Gasteiger charge is 2.22. The first kappa shape index (κ1) is 18.1. The van der Waals surface area contributed by atoms with Crippen LogP contribution in [0.2, 0.25) is 0 Å². The van der Waals surface area contributed by atoms with Crippen molar-refractivity contribution in [1.82, 2.24) is 10.3 Å². The Balaban J connectivity index is 1.74. The topological polar surface area (TPSA) is 102 Å². The Morgan fingerprint density at radius 2 is 1.92 bits per heavy atom. The lowest BCUT2D eigenvalue weighted by Crippen LogP contribution is -2.19. The molecule has 0 atom stereocenters. The van der Waals surface area contributed by atoms with E-state index >= 15 is 0 Å². The number of para-hydroxylation sites is 1. The molecule has 26 heavy (non-hydrogen) atoms. The molecule has 0 aliphatic rings. The lowest BCUT2D eigenvalue weighted by molar-refractivity contribution is -0.115. The van der Waals surface area contributed by atoms with Gasteiger partial charge >= 0.3 is 0 Å². The number of rotatable bonds is 6. The minimum absolute atomic E-state index is 0.0224. The summed E-state index contributed by atoms with van der Waals surface area (Å²) in [5, 5.41) is 10.1. The molecular weight excluding hydrogens is 354 g/mol. The Morgan fingerprint density at radius 1 is 1.15 bits per heavy atom. The lowest BCUT2D eigenvalue weighted by atomic mass is 10.1. The zero-order valence-corrected chi connectivity index (χ0v) is 15.3. The number of sulfone groups is 1. The minimum atomic E-state index is -3.69. The van der Waals surface area contributed by atoms with E-state index in [1.807, 2.05) is 32.0 Å². The van der Waals surface area contributed by atoms with Crippen molar-refractivity contribution in [2.24, 2.45) is 0 Å². The van der Waals surface area contributed by atoms with Crippen LogP contribution in [-0.2, 0) is 21.1 Å². The van der Waals surface area contributed by atoms with E-state index in [9.17, 15) is 13.2 Å². The Hall–Kier alpha value is -2.74. The second-order valence-corrected chi connectivity index (χ2v) is 8.05. The predicted octanol–water partition coefficient (Wildman–Crippen LogP) is 2.90. The van der Waals surface area contributed by atoms with Gasteiger partial charge in [-0.15, -0.1) is 0 Å². The molecule has 1 aromatic heterocycles. The molecular formula is C18H19N3O4S. The summed E-state index contributed by atoms with van der Waals surface area (Å²) in [7, 11) is -3.69. The van der Waals surface area contributed by atoms with Crippen LogP contribution in [0.3, 0.4) is 0 Å². The standard InChI is InChI=1S/C18H19N3O4S/c1-3-13-7-4-6-12(2)17(13)19-16(22)10-11-26(23,24)15-9-5-8-14-18(15)21-25-20-14/h4-9H,3,10-11H2,1-2H3,(H,19,22). The maximum absolute atomic E-state index is 12.6. The molecule has 136 valence electrons. The molecule has 8 heteroatoms. The smallest absolute Gasteiger partial charge is 0.225 e. The highest BCUT2D eigenvalue weighted by molar-refractivity contribution is 7.91. The third-order valence-corrected chi connectivity index (χ3v) is 5.93. The third-order valence-electron chi connectivity index (χ3n) is 4.19. The van der Waals surface area contributed by atoms with Crippen molar-refractivity contribution in [2.45, 2.75) is 31.6 Å².